The highest BCUT2D eigenvalue weighted by Crippen LogP contribution is 2.14. The summed E-state index contributed by atoms with van der Waals surface area (Å²) < 4.78 is 0. The molecule has 112 valence electrons. The standard InChI is InChI=1S/C16H22N4O/c1-13-12-19(2)10-5-11-20(13)16(21)15-14(6-3-8-17)7-4-9-18-15/h4,7,9,13H,5,8,10-12,17H2,1-2H3. The zero-order chi connectivity index (χ0) is 15.2. The van der Waals surface area contributed by atoms with Gasteiger partial charge < -0.3 is 15.5 Å². The van der Waals surface area contributed by atoms with Gasteiger partial charge in [0.1, 0.15) is 5.69 Å². The van der Waals surface area contributed by atoms with Crippen LogP contribution in [0.15, 0.2) is 18.3 Å². The van der Waals surface area contributed by atoms with Crippen LogP contribution in [0.4, 0.5) is 0 Å². The van der Waals surface area contributed by atoms with Crippen molar-refractivity contribution in [2.75, 3.05) is 33.2 Å². The van der Waals surface area contributed by atoms with E-state index in [4.69, 9.17) is 5.73 Å². The minimum Gasteiger partial charge on any atom is -0.333 e. The zero-order valence-corrected chi connectivity index (χ0v) is 12.7. The van der Waals surface area contributed by atoms with E-state index < -0.39 is 0 Å². The number of nitrogens with zero attached hydrogens (tertiary/aromatic N) is 3. The molecule has 0 aromatic carbocycles. The molecule has 1 aromatic rings. The number of hydrogen-bond donors (Lipinski definition) is 1. The van der Waals surface area contributed by atoms with E-state index in [9.17, 15) is 4.79 Å². The number of amides is 1. The highest BCUT2D eigenvalue weighted by Gasteiger charge is 2.26. The first-order chi connectivity index (χ1) is 10.1. The summed E-state index contributed by atoms with van der Waals surface area (Å²) in [6.45, 7) is 4.99. The molecular weight excluding hydrogens is 264 g/mol. The Balaban J connectivity index is 2.27. The van der Waals surface area contributed by atoms with Crippen LogP contribution in [0.2, 0.25) is 0 Å². The molecule has 0 saturated carbocycles. The monoisotopic (exact) mass is 286 g/mol. The van der Waals surface area contributed by atoms with Crippen LogP contribution in [0, 0.1) is 11.8 Å². The minimum atomic E-state index is -0.0419. The Morgan fingerprint density at radius 1 is 1.52 bits per heavy atom. The summed E-state index contributed by atoms with van der Waals surface area (Å²) in [6.07, 6.45) is 2.61. The van der Waals surface area contributed by atoms with Gasteiger partial charge in [-0.15, -0.1) is 0 Å². The number of hydrogen-bond acceptors (Lipinski definition) is 4. The van der Waals surface area contributed by atoms with Crippen LogP contribution >= 0.6 is 0 Å². The lowest BCUT2D eigenvalue weighted by Gasteiger charge is -2.28. The van der Waals surface area contributed by atoms with Gasteiger partial charge in [0.15, 0.2) is 0 Å². The van der Waals surface area contributed by atoms with Crippen LogP contribution in [-0.4, -0.2) is 60.0 Å². The molecule has 0 aliphatic carbocycles. The molecule has 21 heavy (non-hydrogen) atoms. The molecule has 1 aliphatic heterocycles. The van der Waals surface area contributed by atoms with Crippen molar-refractivity contribution in [3.63, 3.8) is 0 Å². The molecule has 2 N–H and O–H groups in total. The summed E-state index contributed by atoms with van der Waals surface area (Å²) in [5, 5.41) is 0. The van der Waals surface area contributed by atoms with Gasteiger partial charge in [0, 0.05) is 25.3 Å². The minimum absolute atomic E-state index is 0.0419. The predicted octanol–water partition coefficient (Wildman–Crippen LogP) is 0.558. The molecule has 2 heterocycles. The van der Waals surface area contributed by atoms with Crippen molar-refractivity contribution in [1.29, 1.82) is 0 Å². The van der Waals surface area contributed by atoms with E-state index >= 15 is 0 Å². The van der Waals surface area contributed by atoms with Crippen molar-refractivity contribution >= 4 is 5.91 Å². The Labute approximate surface area is 126 Å². The molecule has 0 spiro atoms. The van der Waals surface area contributed by atoms with Gasteiger partial charge in [-0.3, -0.25) is 4.79 Å². The van der Waals surface area contributed by atoms with E-state index in [0.29, 0.717) is 11.3 Å². The molecule has 1 saturated heterocycles. The Bertz CT molecular complexity index is 561. The smallest absolute Gasteiger partial charge is 0.274 e. The summed E-state index contributed by atoms with van der Waals surface area (Å²) >= 11 is 0. The number of likely N-dealkylation sites (N-methyl/N-ethyl adjacent to an activating group) is 1. The van der Waals surface area contributed by atoms with Crippen LogP contribution in [0.5, 0.6) is 0 Å². The Kier molecular flexibility index (Phi) is 5.32. The molecule has 1 amide bonds. The first-order valence-corrected chi connectivity index (χ1v) is 7.27. The zero-order valence-electron chi connectivity index (χ0n) is 12.7. The lowest BCUT2D eigenvalue weighted by atomic mass is 10.1. The number of carbonyl (C=O) groups excluding carboxylic acids is 1. The van der Waals surface area contributed by atoms with Gasteiger partial charge in [0.05, 0.1) is 12.1 Å². The van der Waals surface area contributed by atoms with Crippen molar-refractivity contribution in [3.8, 4) is 11.8 Å². The molecule has 2 rings (SSSR count). The van der Waals surface area contributed by atoms with Crippen molar-refractivity contribution in [3.05, 3.63) is 29.6 Å². The molecule has 1 aromatic heterocycles. The van der Waals surface area contributed by atoms with Crippen molar-refractivity contribution < 1.29 is 4.79 Å². The van der Waals surface area contributed by atoms with Crippen molar-refractivity contribution in [2.45, 2.75) is 19.4 Å². The molecule has 1 unspecified atom stereocenters. The van der Waals surface area contributed by atoms with Gasteiger partial charge in [0.25, 0.3) is 5.91 Å². The summed E-state index contributed by atoms with van der Waals surface area (Å²) in [6, 6.07) is 3.77. The van der Waals surface area contributed by atoms with Crippen LogP contribution in [0.25, 0.3) is 0 Å². The third-order valence-electron chi connectivity index (χ3n) is 3.64. The molecule has 1 aliphatic rings. The van der Waals surface area contributed by atoms with E-state index in [2.05, 4.69) is 35.7 Å². The highest BCUT2D eigenvalue weighted by molar-refractivity contribution is 5.95. The lowest BCUT2D eigenvalue weighted by molar-refractivity contribution is 0.0690. The highest BCUT2D eigenvalue weighted by atomic mass is 16.2. The average molecular weight is 286 g/mol. The second-order valence-electron chi connectivity index (χ2n) is 5.37. The molecule has 1 atom stereocenters. The van der Waals surface area contributed by atoms with Gasteiger partial charge in [-0.25, -0.2) is 4.98 Å². The molecule has 0 radical (unpaired) electrons. The molecule has 1 fully saturated rings. The van der Waals surface area contributed by atoms with Gasteiger partial charge in [0.2, 0.25) is 0 Å². The number of pyridine rings is 1. The third kappa shape index (κ3) is 3.81. The maximum atomic E-state index is 12.8. The van der Waals surface area contributed by atoms with Crippen LogP contribution in [0.1, 0.15) is 29.4 Å². The van der Waals surface area contributed by atoms with Crippen molar-refractivity contribution in [2.24, 2.45) is 5.73 Å². The predicted molar refractivity (Wildman–Crippen MR) is 82.8 cm³/mol. The number of aromatic nitrogens is 1. The van der Waals surface area contributed by atoms with Crippen molar-refractivity contribution in [1.82, 2.24) is 14.8 Å². The Morgan fingerprint density at radius 2 is 2.33 bits per heavy atom. The van der Waals surface area contributed by atoms with E-state index in [1.807, 2.05) is 11.0 Å². The van der Waals surface area contributed by atoms with Crippen LogP contribution in [-0.2, 0) is 0 Å². The molecule has 5 heteroatoms. The summed E-state index contributed by atoms with van der Waals surface area (Å²) in [4.78, 5) is 21.2. The number of carbonyl (C=O) groups is 1. The average Bonchev–Trinajstić information content (AvgIpc) is 2.65. The fourth-order valence-electron chi connectivity index (χ4n) is 2.63. The van der Waals surface area contributed by atoms with E-state index in [1.54, 1.807) is 12.3 Å². The lowest BCUT2D eigenvalue weighted by Crippen LogP contribution is -2.42. The number of rotatable bonds is 1. The fourth-order valence-corrected chi connectivity index (χ4v) is 2.63. The van der Waals surface area contributed by atoms with Gasteiger partial charge >= 0.3 is 0 Å². The first kappa shape index (κ1) is 15.5. The van der Waals surface area contributed by atoms with E-state index in [0.717, 1.165) is 26.1 Å². The summed E-state index contributed by atoms with van der Waals surface area (Å²) in [7, 11) is 2.09. The number of nitrogens with two attached hydrogens (primary N) is 1. The second kappa shape index (κ2) is 7.21. The molecular formula is C16H22N4O. The largest absolute Gasteiger partial charge is 0.333 e. The normalized spacial score (nSPS) is 19.6. The van der Waals surface area contributed by atoms with Gasteiger partial charge in [-0.1, -0.05) is 11.8 Å². The third-order valence-corrected chi connectivity index (χ3v) is 3.64. The topological polar surface area (TPSA) is 62.5 Å². The quantitative estimate of drug-likeness (QED) is 0.766. The molecule has 0 bridgehead atoms. The second-order valence-corrected chi connectivity index (χ2v) is 5.37. The van der Waals surface area contributed by atoms with Gasteiger partial charge in [-0.05, 0) is 39.1 Å². The van der Waals surface area contributed by atoms with Gasteiger partial charge in [-0.2, -0.15) is 0 Å². The maximum absolute atomic E-state index is 12.8. The Morgan fingerprint density at radius 3 is 3.10 bits per heavy atom. The summed E-state index contributed by atoms with van der Waals surface area (Å²) in [5.41, 5.74) is 6.48. The summed E-state index contributed by atoms with van der Waals surface area (Å²) in [5.74, 6) is 5.69. The van der Waals surface area contributed by atoms with E-state index in [1.165, 1.54) is 0 Å². The van der Waals surface area contributed by atoms with Crippen LogP contribution < -0.4 is 5.73 Å². The van der Waals surface area contributed by atoms with E-state index in [-0.39, 0.29) is 18.5 Å². The first-order valence-electron chi connectivity index (χ1n) is 7.27. The Hall–Kier alpha value is -1.90. The van der Waals surface area contributed by atoms with Crippen LogP contribution in [0.3, 0.4) is 0 Å². The SMILES string of the molecule is CC1CN(C)CCCN1C(=O)c1ncccc1C#CCN. The maximum Gasteiger partial charge on any atom is 0.274 e. The molecule has 5 nitrogen and oxygen atoms in total. The fraction of sp³-hybridized carbons (Fsp3) is 0.500.